The monoisotopic (exact) mass is 415 g/mol. The van der Waals surface area contributed by atoms with Gasteiger partial charge in [-0.2, -0.15) is 0 Å². The van der Waals surface area contributed by atoms with E-state index in [-0.39, 0.29) is 55.0 Å². The molecule has 1 aliphatic carbocycles. The highest BCUT2D eigenvalue weighted by Gasteiger charge is 2.47. The first kappa shape index (κ1) is 20.8. The van der Waals surface area contributed by atoms with Crippen molar-refractivity contribution in [1.82, 2.24) is 25.2 Å². The predicted octanol–water partition coefficient (Wildman–Crippen LogP) is -1.17. The molecule has 4 amide bonds. The first-order chi connectivity index (χ1) is 13.0. The van der Waals surface area contributed by atoms with Crippen LogP contribution in [0.1, 0.15) is 33.1 Å². The van der Waals surface area contributed by atoms with Crippen LogP contribution in [0.15, 0.2) is 0 Å². The summed E-state index contributed by atoms with van der Waals surface area (Å²) in [6, 6.07) is -1.57. The number of carbonyl (C=O) groups is 3. The van der Waals surface area contributed by atoms with E-state index in [2.05, 4.69) is 15.4 Å². The summed E-state index contributed by atoms with van der Waals surface area (Å²) in [7, 11) is -3.39. The van der Waals surface area contributed by atoms with Crippen molar-refractivity contribution in [2.24, 2.45) is 5.92 Å². The predicted molar refractivity (Wildman–Crippen MR) is 102 cm³/mol. The van der Waals surface area contributed by atoms with Gasteiger partial charge in [-0.15, -0.1) is 0 Å². The zero-order chi connectivity index (χ0) is 20.6. The summed E-state index contributed by atoms with van der Waals surface area (Å²) < 4.78 is 25.6. The van der Waals surface area contributed by atoms with Gasteiger partial charge in [0.2, 0.25) is 21.8 Å². The molecule has 158 valence electrons. The van der Waals surface area contributed by atoms with Gasteiger partial charge < -0.3 is 20.4 Å². The van der Waals surface area contributed by atoms with Crippen LogP contribution in [0.3, 0.4) is 0 Å². The molecule has 10 nitrogen and oxygen atoms in total. The smallest absolute Gasteiger partial charge is 0.318 e. The number of nitrogens with zero attached hydrogens (tertiary/aromatic N) is 2. The highest BCUT2D eigenvalue weighted by Crippen LogP contribution is 2.27. The van der Waals surface area contributed by atoms with Crippen LogP contribution in [0.2, 0.25) is 0 Å². The van der Waals surface area contributed by atoms with Crippen LogP contribution in [0, 0.1) is 5.92 Å². The Hall–Kier alpha value is -1.88. The van der Waals surface area contributed by atoms with Crippen molar-refractivity contribution in [2.75, 3.05) is 25.9 Å². The van der Waals surface area contributed by atoms with Crippen molar-refractivity contribution in [3.63, 3.8) is 0 Å². The lowest BCUT2D eigenvalue weighted by molar-refractivity contribution is -0.141. The molecule has 3 aliphatic rings. The van der Waals surface area contributed by atoms with Gasteiger partial charge in [-0.1, -0.05) is 13.8 Å². The maximum Gasteiger partial charge on any atom is 0.318 e. The van der Waals surface area contributed by atoms with Crippen LogP contribution < -0.4 is 15.4 Å². The van der Waals surface area contributed by atoms with Gasteiger partial charge in [-0.3, -0.25) is 9.59 Å². The van der Waals surface area contributed by atoms with Gasteiger partial charge >= 0.3 is 6.03 Å². The molecule has 0 aromatic heterocycles. The molecule has 0 aromatic rings. The van der Waals surface area contributed by atoms with Gasteiger partial charge in [-0.05, 0) is 19.3 Å². The molecule has 0 unspecified atom stereocenters. The van der Waals surface area contributed by atoms with E-state index in [9.17, 15) is 22.8 Å². The summed E-state index contributed by atoms with van der Waals surface area (Å²) in [5.74, 6) is -0.671. The number of amides is 4. The van der Waals surface area contributed by atoms with E-state index in [1.807, 2.05) is 0 Å². The van der Waals surface area contributed by atoms with Gasteiger partial charge in [0.05, 0.1) is 12.3 Å². The molecule has 3 fully saturated rings. The number of rotatable bonds is 6. The lowest BCUT2D eigenvalue weighted by atomic mass is 10.1. The van der Waals surface area contributed by atoms with Crippen LogP contribution in [-0.2, 0) is 19.6 Å². The Labute approximate surface area is 165 Å². The molecular formula is C17H29N5O5S. The van der Waals surface area contributed by atoms with Crippen molar-refractivity contribution < 1.29 is 22.8 Å². The van der Waals surface area contributed by atoms with E-state index in [1.165, 1.54) is 4.90 Å². The Kier molecular flexibility index (Phi) is 5.85. The molecular weight excluding hydrogens is 386 g/mol. The lowest BCUT2D eigenvalue weighted by Gasteiger charge is -2.42. The lowest BCUT2D eigenvalue weighted by Crippen LogP contribution is -2.65. The molecule has 1 saturated carbocycles. The second kappa shape index (κ2) is 7.86. The molecule has 2 heterocycles. The summed E-state index contributed by atoms with van der Waals surface area (Å²) in [5, 5.41) is 5.65. The maximum atomic E-state index is 13.1. The van der Waals surface area contributed by atoms with E-state index < -0.39 is 16.1 Å². The molecule has 28 heavy (non-hydrogen) atoms. The zero-order valence-corrected chi connectivity index (χ0v) is 17.3. The third-order valence-corrected chi connectivity index (χ3v) is 6.07. The topological polar surface area (TPSA) is 128 Å². The molecule has 3 rings (SSSR count). The van der Waals surface area contributed by atoms with Crippen molar-refractivity contribution in [3.05, 3.63) is 0 Å². The molecule has 0 spiro atoms. The molecule has 2 saturated heterocycles. The summed E-state index contributed by atoms with van der Waals surface area (Å²) in [5.41, 5.74) is 0. The summed E-state index contributed by atoms with van der Waals surface area (Å²) in [4.78, 5) is 40.9. The molecule has 11 heteroatoms. The number of piperazine rings is 1. The van der Waals surface area contributed by atoms with Crippen molar-refractivity contribution in [1.29, 1.82) is 0 Å². The van der Waals surface area contributed by atoms with E-state index in [1.54, 1.807) is 18.7 Å². The fourth-order valence-electron chi connectivity index (χ4n) is 3.74. The number of hydrogen-bond donors (Lipinski definition) is 3. The van der Waals surface area contributed by atoms with Gasteiger partial charge in [0.25, 0.3) is 0 Å². The Balaban J connectivity index is 1.74. The Bertz CT molecular complexity index is 751. The second-order valence-electron chi connectivity index (χ2n) is 8.26. The molecule has 3 N–H and O–H groups in total. The van der Waals surface area contributed by atoms with Gasteiger partial charge in [-0.25, -0.2) is 17.9 Å². The number of carbonyl (C=O) groups excluding carboxylic acids is 3. The van der Waals surface area contributed by atoms with E-state index in [0.717, 1.165) is 19.1 Å². The fourth-order valence-corrected chi connectivity index (χ4v) is 4.51. The largest absolute Gasteiger partial charge is 0.353 e. The SMILES string of the molecule is CC(C)C(=O)NC[C@H]1C(=O)N2C[C@@H](NS(C)(=O)=O)C[C@H]2CN1C(=O)NC1CC1. The standard InChI is InChI=1S/C17H29N5O5S/c1-10(2)15(23)18-7-14-16(24)21-8-12(20-28(3,26)27)6-13(21)9-22(14)17(25)19-11-4-5-11/h10-14,20H,4-9H2,1-3H3,(H,18,23)(H,19,25)/t12-,13-,14-/m0/s1. The molecule has 0 aromatic carbocycles. The third-order valence-electron chi connectivity index (χ3n) is 5.31. The second-order valence-corrected chi connectivity index (χ2v) is 10.0. The highest BCUT2D eigenvalue weighted by atomic mass is 32.2. The van der Waals surface area contributed by atoms with Gasteiger partial charge in [0.15, 0.2) is 0 Å². The normalized spacial score (nSPS) is 27.7. The molecule has 0 radical (unpaired) electrons. The van der Waals surface area contributed by atoms with Crippen LogP contribution >= 0.6 is 0 Å². The number of hydrogen-bond acceptors (Lipinski definition) is 5. The minimum atomic E-state index is -3.39. The molecule has 3 atom stereocenters. The number of urea groups is 1. The van der Waals surface area contributed by atoms with E-state index in [4.69, 9.17) is 0 Å². The first-order valence-corrected chi connectivity index (χ1v) is 11.6. The average molecular weight is 416 g/mol. The Morgan fingerprint density at radius 3 is 2.43 bits per heavy atom. The quantitative estimate of drug-likeness (QED) is 0.504. The van der Waals surface area contributed by atoms with Crippen molar-refractivity contribution >= 4 is 27.9 Å². The zero-order valence-electron chi connectivity index (χ0n) is 16.5. The van der Waals surface area contributed by atoms with E-state index in [0.29, 0.717) is 13.0 Å². The number of sulfonamides is 1. The van der Waals surface area contributed by atoms with Crippen LogP contribution in [0.4, 0.5) is 4.79 Å². The van der Waals surface area contributed by atoms with Gasteiger partial charge in [0.1, 0.15) is 6.04 Å². The first-order valence-electron chi connectivity index (χ1n) is 9.67. The molecule has 2 aliphatic heterocycles. The minimum absolute atomic E-state index is 0.0430. The Morgan fingerprint density at radius 2 is 1.86 bits per heavy atom. The molecule has 0 bridgehead atoms. The van der Waals surface area contributed by atoms with E-state index >= 15 is 0 Å². The summed E-state index contributed by atoms with van der Waals surface area (Å²) >= 11 is 0. The minimum Gasteiger partial charge on any atom is -0.353 e. The number of nitrogens with one attached hydrogen (secondary N) is 3. The highest BCUT2D eigenvalue weighted by molar-refractivity contribution is 7.88. The fraction of sp³-hybridized carbons (Fsp3) is 0.824. The summed E-state index contributed by atoms with van der Waals surface area (Å²) in [6.07, 6.45) is 3.40. The van der Waals surface area contributed by atoms with Crippen LogP contribution in [0.5, 0.6) is 0 Å². The van der Waals surface area contributed by atoms with Crippen LogP contribution in [0.25, 0.3) is 0 Å². The van der Waals surface area contributed by atoms with Crippen LogP contribution in [-0.4, -0.2) is 86.1 Å². The van der Waals surface area contributed by atoms with Gasteiger partial charge in [0, 0.05) is 37.6 Å². The number of fused-ring (bicyclic) bond motifs is 1. The maximum absolute atomic E-state index is 13.1. The average Bonchev–Trinajstić information content (AvgIpc) is 3.30. The van der Waals surface area contributed by atoms with Crippen molar-refractivity contribution in [2.45, 2.75) is 57.3 Å². The Morgan fingerprint density at radius 1 is 1.18 bits per heavy atom. The summed E-state index contributed by atoms with van der Waals surface area (Å²) in [6.45, 7) is 4.14. The third kappa shape index (κ3) is 4.93. The van der Waals surface area contributed by atoms with Crippen molar-refractivity contribution in [3.8, 4) is 0 Å².